The highest BCUT2D eigenvalue weighted by Gasteiger charge is 2.39. The fourth-order valence-electron chi connectivity index (χ4n) is 2.94. The molecule has 0 spiro atoms. The molecule has 2 aromatic carbocycles. The maximum absolute atomic E-state index is 5.96. The van der Waals surface area contributed by atoms with Gasteiger partial charge in [-0.25, -0.2) is 0 Å². The minimum atomic E-state index is -1.42. The Morgan fingerprint density at radius 3 is 2.00 bits per heavy atom. The monoisotopic (exact) mass is 297 g/mol. The zero-order valence-electron chi connectivity index (χ0n) is 12.5. The van der Waals surface area contributed by atoms with Crippen molar-refractivity contribution >= 4 is 17.9 Å². The molecule has 0 aromatic heterocycles. The second-order valence-electron chi connectivity index (χ2n) is 5.67. The van der Waals surface area contributed by atoms with Gasteiger partial charge in [-0.1, -0.05) is 48.6 Å². The fourth-order valence-corrected chi connectivity index (χ4v) is 6.27. The van der Waals surface area contributed by atoms with E-state index in [1.807, 2.05) is 0 Å². The van der Waals surface area contributed by atoms with Gasteiger partial charge < -0.3 is 4.74 Å². The first kappa shape index (κ1) is 14.5. The molecule has 1 aliphatic rings. The van der Waals surface area contributed by atoms with Gasteiger partial charge in [-0.3, -0.25) is 0 Å². The van der Waals surface area contributed by atoms with Crippen LogP contribution >= 0.6 is 7.26 Å². The van der Waals surface area contributed by atoms with Gasteiger partial charge in [-0.15, -0.1) is 0 Å². The first-order valence-electron chi connectivity index (χ1n) is 7.54. The van der Waals surface area contributed by atoms with Gasteiger partial charge >= 0.3 is 0 Å². The summed E-state index contributed by atoms with van der Waals surface area (Å²) in [6.45, 7) is 3.29. The Balaban J connectivity index is 1.98. The van der Waals surface area contributed by atoms with Crippen LogP contribution in [-0.4, -0.2) is 25.5 Å². The zero-order chi connectivity index (χ0) is 14.5. The predicted molar refractivity (Wildman–Crippen MR) is 93.4 cm³/mol. The molecule has 0 bridgehead atoms. The summed E-state index contributed by atoms with van der Waals surface area (Å²) >= 11 is 0. The lowest BCUT2D eigenvalue weighted by Gasteiger charge is -2.27. The standard InChI is InChI=1S/C19H22OP/c1-21(18-11-4-2-5-12-18,19-13-6-3-7-14-19)16-17-10-8-9-15-20-17/h2-8,10-14,17H,9,15-16H2,1H3/q+1. The lowest BCUT2D eigenvalue weighted by atomic mass is 10.2. The third-order valence-corrected chi connectivity index (χ3v) is 8.13. The van der Waals surface area contributed by atoms with Crippen LogP contribution in [0.3, 0.4) is 0 Å². The fraction of sp³-hybridized carbons (Fsp3) is 0.263. The minimum Gasteiger partial charge on any atom is -0.370 e. The molecule has 0 amide bonds. The van der Waals surface area contributed by atoms with Crippen molar-refractivity contribution in [2.75, 3.05) is 19.4 Å². The predicted octanol–water partition coefficient (Wildman–Crippen LogP) is 3.63. The third kappa shape index (κ3) is 3.26. The number of hydrogen-bond acceptors (Lipinski definition) is 1. The maximum Gasteiger partial charge on any atom is 0.110 e. The molecule has 0 fully saturated rings. The summed E-state index contributed by atoms with van der Waals surface area (Å²) in [4.78, 5) is 0. The molecule has 21 heavy (non-hydrogen) atoms. The Morgan fingerprint density at radius 2 is 1.52 bits per heavy atom. The Morgan fingerprint density at radius 1 is 0.952 bits per heavy atom. The molecular formula is C19H22OP+. The van der Waals surface area contributed by atoms with Crippen molar-refractivity contribution in [2.24, 2.45) is 0 Å². The molecule has 1 heterocycles. The Kier molecular flexibility index (Phi) is 4.53. The Bertz CT molecular complexity index is 552. The highest BCUT2D eigenvalue weighted by atomic mass is 31.2. The molecule has 108 valence electrons. The molecule has 0 radical (unpaired) electrons. The first-order chi connectivity index (χ1) is 10.3. The Hall–Kier alpha value is -1.43. The summed E-state index contributed by atoms with van der Waals surface area (Å²) in [6.07, 6.45) is 6.87. The second-order valence-corrected chi connectivity index (χ2v) is 9.45. The SMILES string of the molecule is C[P+](CC1C=CCCO1)(c1ccccc1)c1ccccc1. The van der Waals surface area contributed by atoms with Gasteiger partial charge in [0.25, 0.3) is 0 Å². The van der Waals surface area contributed by atoms with E-state index in [-0.39, 0.29) is 6.10 Å². The largest absolute Gasteiger partial charge is 0.370 e. The quantitative estimate of drug-likeness (QED) is 0.618. The average molecular weight is 297 g/mol. The van der Waals surface area contributed by atoms with Crippen LogP contribution in [0.4, 0.5) is 0 Å². The normalized spacial score (nSPS) is 18.6. The van der Waals surface area contributed by atoms with Crippen molar-refractivity contribution < 1.29 is 4.74 Å². The van der Waals surface area contributed by atoms with Crippen LogP contribution in [0.15, 0.2) is 72.8 Å². The molecule has 2 aromatic rings. The van der Waals surface area contributed by atoms with E-state index in [0.29, 0.717) is 0 Å². The van der Waals surface area contributed by atoms with Gasteiger partial charge in [0.15, 0.2) is 0 Å². The van der Waals surface area contributed by atoms with Crippen molar-refractivity contribution in [3.8, 4) is 0 Å². The van der Waals surface area contributed by atoms with Gasteiger partial charge in [-0.05, 0) is 30.7 Å². The van der Waals surface area contributed by atoms with Gasteiger partial charge in [-0.2, -0.15) is 0 Å². The molecule has 1 aliphatic heterocycles. The molecule has 0 saturated carbocycles. The Labute approximate surface area is 128 Å². The van der Waals surface area contributed by atoms with Crippen molar-refractivity contribution in [2.45, 2.75) is 12.5 Å². The minimum absolute atomic E-state index is 0.248. The van der Waals surface area contributed by atoms with Crippen LogP contribution in [0, 0.1) is 0 Å². The van der Waals surface area contributed by atoms with Crippen molar-refractivity contribution in [1.82, 2.24) is 0 Å². The van der Waals surface area contributed by atoms with Crippen LogP contribution < -0.4 is 10.6 Å². The topological polar surface area (TPSA) is 9.23 Å². The average Bonchev–Trinajstić information content (AvgIpc) is 2.57. The molecule has 1 unspecified atom stereocenters. The molecule has 0 N–H and O–H groups in total. The highest BCUT2D eigenvalue weighted by molar-refractivity contribution is 7.89. The van der Waals surface area contributed by atoms with Crippen LogP contribution in [0.5, 0.6) is 0 Å². The second kappa shape index (κ2) is 6.56. The van der Waals surface area contributed by atoms with Crippen molar-refractivity contribution in [3.05, 3.63) is 72.8 Å². The van der Waals surface area contributed by atoms with E-state index < -0.39 is 7.26 Å². The van der Waals surface area contributed by atoms with E-state index in [9.17, 15) is 0 Å². The van der Waals surface area contributed by atoms with E-state index >= 15 is 0 Å². The summed E-state index contributed by atoms with van der Waals surface area (Å²) in [5, 5.41) is 2.91. The van der Waals surface area contributed by atoms with E-state index in [0.717, 1.165) is 19.2 Å². The van der Waals surface area contributed by atoms with E-state index in [4.69, 9.17) is 4.74 Å². The lowest BCUT2D eigenvalue weighted by molar-refractivity contribution is 0.0947. The van der Waals surface area contributed by atoms with E-state index in [1.54, 1.807) is 0 Å². The number of benzene rings is 2. The van der Waals surface area contributed by atoms with Crippen LogP contribution in [0.25, 0.3) is 0 Å². The number of hydrogen-bond donors (Lipinski definition) is 0. The first-order valence-corrected chi connectivity index (χ1v) is 9.96. The summed E-state index contributed by atoms with van der Waals surface area (Å²) in [5.41, 5.74) is 0. The molecule has 1 nitrogen and oxygen atoms in total. The van der Waals surface area contributed by atoms with E-state index in [2.05, 4.69) is 79.5 Å². The summed E-state index contributed by atoms with van der Waals surface area (Å²) in [7, 11) is -1.42. The molecule has 1 atom stereocenters. The van der Waals surface area contributed by atoms with Gasteiger partial charge in [0.05, 0.1) is 37.3 Å². The summed E-state index contributed by atoms with van der Waals surface area (Å²) in [6, 6.07) is 21.9. The van der Waals surface area contributed by atoms with Crippen LogP contribution in [0.2, 0.25) is 0 Å². The zero-order valence-corrected chi connectivity index (χ0v) is 13.4. The molecular weight excluding hydrogens is 275 g/mol. The van der Waals surface area contributed by atoms with Gasteiger partial charge in [0.2, 0.25) is 0 Å². The number of rotatable bonds is 4. The maximum atomic E-state index is 5.96. The smallest absolute Gasteiger partial charge is 0.110 e. The third-order valence-electron chi connectivity index (χ3n) is 4.16. The summed E-state index contributed by atoms with van der Waals surface area (Å²) in [5.74, 6) is 0. The summed E-state index contributed by atoms with van der Waals surface area (Å²) < 4.78 is 5.96. The van der Waals surface area contributed by atoms with Crippen molar-refractivity contribution in [1.29, 1.82) is 0 Å². The highest BCUT2D eigenvalue weighted by Crippen LogP contribution is 2.53. The van der Waals surface area contributed by atoms with Crippen LogP contribution in [0.1, 0.15) is 6.42 Å². The molecule has 0 aliphatic carbocycles. The molecule has 3 rings (SSSR count). The number of ether oxygens (including phenoxy) is 1. The van der Waals surface area contributed by atoms with E-state index in [1.165, 1.54) is 10.6 Å². The molecule has 0 saturated heterocycles. The van der Waals surface area contributed by atoms with Gasteiger partial charge in [0.1, 0.15) is 6.10 Å². The van der Waals surface area contributed by atoms with Gasteiger partial charge in [0, 0.05) is 0 Å². The van der Waals surface area contributed by atoms with Crippen molar-refractivity contribution in [3.63, 3.8) is 0 Å². The molecule has 2 heteroatoms. The lowest BCUT2D eigenvalue weighted by Crippen LogP contribution is -2.30. The van der Waals surface area contributed by atoms with Crippen LogP contribution in [-0.2, 0) is 4.74 Å².